The summed E-state index contributed by atoms with van der Waals surface area (Å²) in [6.07, 6.45) is 3.35. The first-order valence-electron chi connectivity index (χ1n) is 4.87. The summed E-state index contributed by atoms with van der Waals surface area (Å²) >= 11 is 0. The number of aliphatic carboxylic acids is 1. The van der Waals surface area contributed by atoms with Crippen molar-refractivity contribution in [3.63, 3.8) is 0 Å². The van der Waals surface area contributed by atoms with Crippen molar-refractivity contribution in [2.75, 3.05) is 0 Å². The Morgan fingerprint density at radius 3 is 2.64 bits per heavy atom. The molecule has 0 aromatic rings. The Morgan fingerprint density at radius 1 is 1.36 bits per heavy atom. The highest BCUT2D eigenvalue weighted by Crippen LogP contribution is 2.39. The Kier molecular flexibility index (Phi) is 2.19. The van der Waals surface area contributed by atoms with Gasteiger partial charge >= 0.3 is 5.97 Å². The fourth-order valence-corrected chi connectivity index (χ4v) is 2.61. The zero-order chi connectivity index (χ0) is 10.3. The second-order valence-corrected chi connectivity index (χ2v) is 4.01. The maximum Gasteiger partial charge on any atom is 0.316 e. The summed E-state index contributed by atoms with van der Waals surface area (Å²) in [5, 5.41) is 19.0. The van der Waals surface area contributed by atoms with Crippen molar-refractivity contribution in [2.24, 2.45) is 11.8 Å². The first-order chi connectivity index (χ1) is 6.63. The summed E-state index contributed by atoms with van der Waals surface area (Å²) in [7, 11) is 0. The van der Waals surface area contributed by atoms with E-state index in [1.807, 2.05) is 0 Å². The van der Waals surface area contributed by atoms with Crippen LogP contribution in [0.25, 0.3) is 0 Å². The van der Waals surface area contributed by atoms with Gasteiger partial charge in [0.2, 0.25) is 0 Å². The summed E-state index contributed by atoms with van der Waals surface area (Å²) in [4.78, 5) is 22.3. The number of carbonyl (C=O) groups excluding carboxylic acids is 1. The molecule has 0 bridgehead atoms. The molecule has 1 saturated heterocycles. The minimum atomic E-state index is -1.11. The van der Waals surface area contributed by atoms with Gasteiger partial charge < -0.3 is 5.11 Å². The highest BCUT2D eigenvalue weighted by molar-refractivity contribution is 5.98. The molecular weight excluding hydrogens is 186 g/mol. The van der Waals surface area contributed by atoms with Gasteiger partial charge in [-0.1, -0.05) is 12.8 Å². The number of hydrogen-bond acceptors (Lipinski definition) is 3. The number of hydroxylamine groups is 2. The Morgan fingerprint density at radius 2 is 2.00 bits per heavy atom. The Labute approximate surface area is 81.3 Å². The quantitative estimate of drug-likeness (QED) is 0.475. The molecule has 1 amide bonds. The van der Waals surface area contributed by atoms with Gasteiger partial charge in [-0.25, -0.2) is 5.06 Å². The van der Waals surface area contributed by atoms with Crippen LogP contribution in [0.15, 0.2) is 0 Å². The minimum Gasteiger partial charge on any atom is -0.481 e. The van der Waals surface area contributed by atoms with Gasteiger partial charge in [-0.15, -0.1) is 0 Å². The van der Waals surface area contributed by atoms with Gasteiger partial charge in [0.25, 0.3) is 5.91 Å². The molecule has 2 aliphatic rings. The average Bonchev–Trinajstić information content (AvgIpc) is 2.41. The van der Waals surface area contributed by atoms with Gasteiger partial charge in [0.1, 0.15) is 5.92 Å². The van der Waals surface area contributed by atoms with E-state index in [1.54, 1.807) is 0 Å². The third kappa shape index (κ3) is 1.19. The molecule has 14 heavy (non-hydrogen) atoms. The highest BCUT2D eigenvalue weighted by Gasteiger charge is 2.52. The van der Waals surface area contributed by atoms with Crippen LogP contribution in [0, 0.1) is 11.8 Å². The molecule has 0 aromatic heterocycles. The van der Waals surface area contributed by atoms with Crippen LogP contribution in [0.3, 0.4) is 0 Å². The van der Waals surface area contributed by atoms with E-state index >= 15 is 0 Å². The maximum absolute atomic E-state index is 11.4. The van der Waals surface area contributed by atoms with Crippen LogP contribution in [0.1, 0.15) is 25.7 Å². The first kappa shape index (κ1) is 9.45. The zero-order valence-corrected chi connectivity index (χ0v) is 7.72. The normalized spacial score (nSPS) is 37.1. The molecule has 1 heterocycles. The van der Waals surface area contributed by atoms with Gasteiger partial charge in [-0.3, -0.25) is 14.8 Å². The Bertz CT molecular complexity index is 278. The van der Waals surface area contributed by atoms with E-state index in [1.165, 1.54) is 0 Å². The van der Waals surface area contributed by atoms with Crippen LogP contribution in [0.2, 0.25) is 0 Å². The lowest BCUT2D eigenvalue weighted by atomic mass is 9.80. The zero-order valence-electron chi connectivity index (χ0n) is 7.72. The molecule has 1 saturated carbocycles. The molecule has 1 aliphatic heterocycles. The van der Waals surface area contributed by atoms with Crippen LogP contribution in [-0.4, -0.2) is 33.3 Å². The smallest absolute Gasteiger partial charge is 0.316 e. The lowest BCUT2D eigenvalue weighted by molar-refractivity contribution is -0.170. The number of hydrogen-bond donors (Lipinski definition) is 2. The van der Waals surface area contributed by atoms with E-state index in [4.69, 9.17) is 5.11 Å². The maximum atomic E-state index is 11.4. The molecule has 1 aliphatic carbocycles. The second-order valence-electron chi connectivity index (χ2n) is 4.01. The average molecular weight is 199 g/mol. The van der Waals surface area contributed by atoms with Gasteiger partial charge in [0.05, 0.1) is 6.04 Å². The molecule has 78 valence electrons. The van der Waals surface area contributed by atoms with Crippen molar-refractivity contribution < 1.29 is 19.9 Å². The minimum absolute atomic E-state index is 0.196. The molecule has 0 aromatic carbocycles. The summed E-state index contributed by atoms with van der Waals surface area (Å²) in [5.41, 5.74) is 0. The number of fused-ring (bicyclic) bond motifs is 1. The van der Waals surface area contributed by atoms with Crippen LogP contribution in [0.5, 0.6) is 0 Å². The van der Waals surface area contributed by atoms with Gasteiger partial charge in [0, 0.05) is 5.92 Å². The first-order valence-corrected chi connectivity index (χ1v) is 4.87. The van der Waals surface area contributed by atoms with Crippen LogP contribution in [-0.2, 0) is 9.59 Å². The van der Waals surface area contributed by atoms with E-state index in [2.05, 4.69) is 0 Å². The lowest BCUT2D eigenvalue weighted by Gasteiger charge is -2.27. The number of carboxylic acids is 1. The Balaban J connectivity index is 2.26. The predicted octanol–water partition coefficient (Wildman–Crippen LogP) is 0.477. The molecule has 0 radical (unpaired) electrons. The number of rotatable bonds is 1. The van der Waals surface area contributed by atoms with E-state index < -0.39 is 17.8 Å². The molecule has 2 fully saturated rings. The second kappa shape index (κ2) is 3.24. The Hall–Kier alpha value is -1.10. The van der Waals surface area contributed by atoms with E-state index in [-0.39, 0.29) is 12.0 Å². The summed E-state index contributed by atoms with van der Waals surface area (Å²) in [6.45, 7) is 0. The van der Waals surface area contributed by atoms with Crippen LogP contribution in [0.4, 0.5) is 0 Å². The molecular formula is C9H13NO4. The molecule has 5 heteroatoms. The van der Waals surface area contributed by atoms with E-state index in [9.17, 15) is 14.8 Å². The fourth-order valence-electron chi connectivity index (χ4n) is 2.61. The largest absolute Gasteiger partial charge is 0.481 e. The molecule has 0 spiro atoms. The lowest BCUT2D eigenvalue weighted by Crippen LogP contribution is -2.33. The topological polar surface area (TPSA) is 77.8 Å². The summed E-state index contributed by atoms with van der Waals surface area (Å²) in [5.74, 6) is -2.97. The van der Waals surface area contributed by atoms with Gasteiger partial charge in [-0.2, -0.15) is 0 Å². The molecule has 2 rings (SSSR count). The molecule has 3 atom stereocenters. The van der Waals surface area contributed by atoms with Crippen molar-refractivity contribution in [1.82, 2.24) is 5.06 Å². The third-order valence-corrected chi connectivity index (χ3v) is 3.28. The molecule has 5 nitrogen and oxygen atoms in total. The number of amides is 1. The van der Waals surface area contributed by atoms with Crippen molar-refractivity contribution in [3.8, 4) is 0 Å². The number of nitrogens with zero attached hydrogens (tertiary/aromatic N) is 1. The van der Waals surface area contributed by atoms with Gasteiger partial charge in [0.15, 0.2) is 0 Å². The van der Waals surface area contributed by atoms with Crippen molar-refractivity contribution >= 4 is 11.9 Å². The van der Waals surface area contributed by atoms with Crippen molar-refractivity contribution in [3.05, 3.63) is 0 Å². The third-order valence-electron chi connectivity index (χ3n) is 3.28. The van der Waals surface area contributed by atoms with Crippen molar-refractivity contribution in [2.45, 2.75) is 31.7 Å². The van der Waals surface area contributed by atoms with E-state index in [0.29, 0.717) is 5.06 Å². The van der Waals surface area contributed by atoms with Crippen molar-refractivity contribution in [1.29, 1.82) is 0 Å². The predicted molar refractivity (Wildman–Crippen MR) is 45.5 cm³/mol. The molecule has 3 unspecified atom stereocenters. The summed E-state index contributed by atoms with van der Waals surface area (Å²) < 4.78 is 0. The fraction of sp³-hybridized carbons (Fsp3) is 0.778. The number of carbonyl (C=O) groups is 2. The van der Waals surface area contributed by atoms with Crippen LogP contribution < -0.4 is 0 Å². The standard InChI is InChI=1S/C9H13NO4/c11-8-7(9(12)13)5-3-1-2-4-6(5)10(8)14/h5-7,14H,1-4H2,(H,12,13). The molecule has 2 N–H and O–H groups in total. The number of carboxylic acid groups (broad SMARTS) is 1. The van der Waals surface area contributed by atoms with Gasteiger partial charge in [-0.05, 0) is 12.8 Å². The highest BCUT2D eigenvalue weighted by atomic mass is 16.5. The monoisotopic (exact) mass is 199 g/mol. The van der Waals surface area contributed by atoms with E-state index in [0.717, 1.165) is 25.7 Å². The SMILES string of the molecule is O=C(O)C1C(=O)N(O)C2CCCCC12. The summed E-state index contributed by atoms with van der Waals surface area (Å²) in [6, 6.07) is -0.266. The van der Waals surface area contributed by atoms with Crippen LogP contribution >= 0.6 is 0 Å².